The number of nitrogens with zero attached hydrogens (tertiary/aromatic N) is 3. The van der Waals surface area contributed by atoms with E-state index in [4.69, 9.17) is 27.9 Å². The molecule has 2 N–H and O–H groups in total. The van der Waals surface area contributed by atoms with Crippen molar-refractivity contribution in [2.75, 3.05) is 24.3 Å². The molecule has 3 heterocycles. The van der Waals surface area contributed by atoms with Gasteiger partial charge in [0.15, 0.2) is 5.78 Å². The number of H-pyrrole nitrogens is 1. The van der Waals surface area contributed by atoms with Crippen molar-refractivity contribution in [2.24, 2.45) is 0 Å². The quantitative estimate of drug-likeness (QED) is 0.222. The number of fused-ring (bicyclic) bond motifs is 1. The summed E-state index contributed by atoms with van der Waals surface area (Å²) in [5.41, 5.74) is 1.26. The number of piperidine rings is 1. The maximum Gasteiger partial charge on any atom is 0.237 e. The Kier molecular flexibility index (Phi) is 7.58. The van der Waals surface area contributed by atoms with E-state index in [0.717, 1.165) is 19.3 Å². The van der Waals surface area contributed by atoms with Crippen molar-refractivity contribution >= 4 is 51.7 Å². The highest BCUT2D eigenvalue weighted by atomic mass is 35.5. The third-order valence-electron chi connectivity index (χ3n) is 6.45. The van der Waals surface area contributed by atoms with E-state index < -0.39 is 0 Å². The molecule has 1 unspecified atom stereocenters. The first-order valence-corrected chi connectivity index (χ1v) is 12.9. The standard InChI is InChI=1S/C27H25Cl2N5O3/c28-13-23(35)34-11-5-4-6-17(34)14-30-26-24-21(15-31-27(24)33-16-32-26)25(36)20-10-9-19(12-22(20)29)37-18-7-2-1-3-8-18/h1-3,7-10,12,15-17H,4-6,11,13-14H2,(H2,30,31,32,33). The Hall–Kier alpha value is -3.62. The fourth-order valence-electron chi connectivity index (χ4n) is 4.62. The van der Waals surface area contributed by atoms with E-state index in [2.05, 4.69) is 20.3 Å². The molecule has 5 rings (SSSR count). The third-order valence-corrected chi connectivity index (χ3v) is 6.99. The number of hydrogen-bond acceptors (Lipinski definition) is 6. The van der Waals surface area contributed by atoms with Gasteiger partial charge in [0.25, 0.3) is 0 Å². The van der Waals surface area contributed by atoms with Gasteiger partial charge in [-0.15, -0.1) is 11.6 Å². The minimum atomic E-state index is -0.267. The first kappa shape index (κ1) is 25.0. The molecule has 1 aliphatic heterocycles. The molecule has 0 saturated carbocycles. The zero-order chi connectivity index (χ0) is 25.8. The molecule has 1 saturated heterocycles. The van der Waals surface area contributed by atoms with Gasteiger partial charge in [0.05, 0.1) is 16.0 Å². The van der Waals surface area contributed by atoms with Gasteiger partial charge in [-0.1, -0.05) is 29.8 Å². The van der Waals surface area contributed by atoms with E-state index in [1.165, 1.54) is 6.33 Å². The van der Waals surface area contributed by atoms with Crippen LogP contribution in [-0.4, -0.2) is 56.6 Å². The first-order valence-electron chi connectivity index (χ1n) is 12.0. The summed E-state index contributed by atoms with van der Waals surface area (Å²) >= 11 is 12.3. The lowest BCUT2D eigenvalue weighted by Gasteiger charge is -2.35. The van der Waals surface area contributed by atoms with E-state index in [0.29, 0.717) is 52.6 Å². The number of nitrogens with one attached hydrogen (secondary N) is 2. The maximum absolute atomic E-state index is 13.6. The molecule has 1 fully saturated rings. The number of likely N-dealkylation sites (tertiary alicyclic amines) is 1. The summed E-state index contributed by atoms with van der Waals surface area (Å²) in [5, 5.41) is 4.18. The number of aromatic nitrogens is 3. The summed E-state index contributed by atoms with van der Waals surface area (Å²) < 4.78 is 5.83. The monoisotopic (exact) mass is 537 g/mol. The van der Waals surface area contributed by atoms with Crippen molar-refractivity contribution in [3.8, 4) is 11.5 Å². The van der Waals surface area contributed by atoms with Crippen molar-refractivity contribution in [3.63, 3.8) is 0 Å². The first-order chi connectivity index (χ1) is 18.0. The molecular formula is C27H25Cl2N5O3. The normalized spacial score (nSPS) is 15.5. The Morgan fingerprint density at radius 1 is 1.08 bits per heavy atom. The number of anilines is 1. The maximum atomic E-state index is 13.6. The van der Waals surface area contributed by atoms with E-state index in [9.17, 15) is 9.59 Å². The lowest BCUT2D eigenvalue weighted by atomic mass is 10.0. The SMILES string of the molecule is O=C(c1ccc(Oc2ccccc2)cc1Cl)c1c[nH]c2ncnc(NCC3CCCCN3C(=O)CCl)c12. The molecule has 190 valence electrons. The molecule has 0 bridgehead atoms. The van der Waals surface area contributed by atoms with Crippen LogP contribution in [0.25, 0.3) is 11.0 Å². The van der Waals surface area contributed by atoms with Gasteiger partial charge in [0.2, 0.25) is 5.91 Å². The van der Waals surface area contributed by atoms with E-state index in [-0.39, 0.29) is 28.6 Å². The molecule has 1 amide bonds. The fourth-order valence-corrected chi connectivity index (χ4v) is 5.03. The molecule has 4 aromatic rings. The number of halogens is 2. The van der Waals surface area contributed by atoms with Gasteiger partial charge in [-0.25, -0.2) is 9.97 Å². The summed E-state index contributed by atoms with van der Waals surface area (Å²) in [5.74, 6) is 1.33. The van der Waals surface area contributed by atoms with Crippen molar-refractivity contribution < 1.29 is 14.3 Å². The fraction of sp³-hybridized carbons (Fsp3) is 0.259. The Morgan fingerprint density at radius 2 is 1.92 bits per heavy atom. The van der Waals surface area contributed by atoms with Crippen molar-refractivity contribution in [3.05, 3.63) is 77.2 Å². The number of aromatic amines is 1. The Balaban J connectivity index is 1.38. The van der Waals surface area contributed by atoms with Crippen molar-refractivity contribution in [1.29, 1.82) is 0 Å². The molecule has 2 aromatic carbocycles. The minimum absolute atomic E-state index is 0.00490. The van der Waals surface area contributed by atoms with Gasteiger partial charge >= 0.3 is 0 Å². The Morgan fingerprint density at radius 3 is 2.70 bits per heavy atom. The molecule has 1 atom stereocenters. The van der Waals surface area contributed by atoms with Crippen LogP contribution in [-0.2, 0) is 4.79 Å². The Labute approximate surface area is 224 Å². The second kappa shape index (κ2) is 11.2. The summed E-state index contributed by atoms with van der Waals surface area (Å²) in [6, 6.07) is 14.3. The molecule has 0 aliphatic carbocycles. The highest BCUT2D eigenvalue weighted by Gasteiger charge is 2.27. The molecule has 1 aliphatic rings. The van der Waals surface area contributed by atoms with Crippen LogP contribution in [0.15, 0.2) is 61.1 Å². The summed E-state index contributed by atoms with van der Waals surface area (Å²) in [4.78, 5) is 39.4. The van der Waals surface area contributed by atoms with Crippen LogP contribution in [0.1, 0.15) is 35.2 Å². The van der Waals surface area contributed by atoms with Gasteiger partial charge in [-0.2, -0.15) is 0 Å². The zero-order valence-electron chi connectivity index (χ0n) is 19.9. The Bertz CT molecular complexity index is 1430. The topological polar surface area (TPSA) is 100 Å². The van der Waals surface area contributed by atoms with Crippen molar-refractivity contribution in [2.45, 2.75) is 25.3 Å². The van der Waals surface area contributed by atoms with Gasteiger partial charge in [-0.05, 0) is 43.5 Å². The van der Waals surface area contributed by atoms with E-state index >= 15 is 0 Å². The van der Waals surface area contributed by atoms with Crippen LogP contribution >= 0.6 is 23.2 Å². The molecule has 37 heavy (non-hydrogen) atoms. The highest BCUT2D eigenvalue weighted by Crippen LogP contribution is 2.31. The summed E-state index contributed by atoms with van der Waals surface area (Å²) in [6.45, 7) is 1.17. The number of hydrogen-bond donors (Lipinski definition) is 2. The number of amides is 1. The minimum Gasteiger partial charge on any atom is -0.457 e. The van der Waals surface area contributed by atoms with Gasteiger partial charge < -0.3 is 19.9 Å². The van der Waals surface area contributed by atoms with Gasteiger partial charge in [0.1, 0.15) is 35.2 Å². The predicted octanol–water partition coefficient (Wildman–Crippen LogP) is 5.67. The average Bonchev–Trinajstić information content (AvgIpc) is 3.37. The van der Waals surface area contributed by atoms with E-state index in [1.807, 2.05) is 35.2 Å². The zero-order valence-corrected chi connectivity index (χ0v) is 21.4. The molecule has 0 radical (unpaired) electrons. The van der Waals surface area contributed by atoms with E-state index in [1.54, 1.807) is 24.4 Å². The second-order valence-corrected chi connectivity index (χ2v) is 9.46. The van der Waals surface area contributed by atoms with Crippen LogP contribution < -0.4 is 10.1 Å². The number of ketones is 1. The number of ether oxygens (including phenoxy) is 1. The van der Waals surface area contributed by atoms with Crippen LogP contribution in [0.4, 0.5) is 5.82 Å². The molecular weight excluding hydrogens is 513 g/mol. The number of carbonyl (C=O) groups excluding carboxylic acids is 2. The van der Waals surface area contributed by atoms with Gasteiger partial charge in [0, 0.05) is 37.0 Å². The third kappa shape index (κ3) is 5.40. The van der Waals surface area contributed by atoms with Crippen molar-refractivity contribution in [1.82, 2.24) is 19.9 Å². The molecule has 0 spiro atoms. The summed E-state index contributed by atoms with van der Waals surface area (Å²) in [7, 11) is 0. The number of carbonyl (C=O) groups is 2. The smallest absolute Gasteiger partial charge is 0.237 e. The van der Waals surface area contributed by atoms with Gasteiger partial charge in [-0.3, -0.25) is 9.59 Å². The second-order valence-electron chi connectivity index (χ2n) is 8.79. The van der Waals surface area contributed by atoms with Crippen LogP contribution in [0.2, 0.25) is 5.02 Å². The van der Waals surface area contributed by atoms with Crippen LogP contribution in [0, 0.1) is 0 Å². The number of para-hydroxylation sites is 1. The lowest BCUT2D eigenvalue weighted by Crippen LogP contribution is -2.47. The molecule has 10 heteroatoms. The van der Waals surface area contributed by atoms with Crippen LogP contribution in [0.3, 0.4) is 0 Å². The number of rotatable bonds is 8. The summed E-state index contributed by atoms with van der Waals surface area (Å²) in [6.07, 6.45) is 5.91. The lowest BCUT2D eigenvalue weighted by molar-refractivity contribution is -0.131. The van der Waals surface area contributed by atoms with Crippen LogP contribution in [0.5, 0.6) is 11.5 Å². The average molecular weight is 538 g/mol. The predicted molar refractivity (Wildman–Crippen MR) is 144 cm³/mol. The largest absolute Gasteiger partial charge is 0.457 e. The molecule has 8 nitrogen and oxygen atoms in total. The number of benzene rings is 2. The number of alkyl halides is 1. The highest BCUT2D eigenvalue weighted by molar-refractivity contribution is 6.35. The molecule has 2 aromatic heterocycles.